The van der Waals surface area contributed by atoms with E-state index in [9.17, 15) is 5.11 Å². The molecular weight excluding hydrogens is 222 g/mol. The molecule has 2 N–H and O–H groups in total. The molecule has 0 aliphatic carbocycles. The van der Waals surface area contributed by atoms with Crippen LogP contribution in [0.1, 0.15) is 50.2 Å². The Morgan fingerprint density at radius 2 is 1.72 bits per heavy atom. The highest BCUT2D eigenvalue weighted by atomic mass is 16.3. The van der Waals surface area contributed by atoms with E-state index in [0.717, 1.165) is 18.4 Å². The lowest BCUT2D eigenvalue weighted by atomic mass is 10.0. The van der Waals surface area contributed by atoms with Crippen LogP contribution in [0.15, 0.2) is 30.3 Å². The van der Waals surface area contributed by atoms with Gasteiger partial charge in [-0.15, -0.1) is 0 Å². The lowest BCUT2D eigenvalue weighted by molar-refractivity contribution is -0.905. The second-order valence-corrected chi connectivity index (χ2v) is 5.48. The molecule has 1 heterocycles. The van der Waals surface area contributed by atoms with Crippen LogP contribution in [0.4, 0.5) is 0 Å². The van der Waals surface area contributed by atoms with Crippen molar-refractivity contribution in [2.75, 3.05) is 19.6 Å². The molecule has 0 radical (unpaired) electrons. The maximum atomic E-state index is 10.1. The molecule has 1 fully saturated rings. The smallest absolute Gasteiger partial charge is 0.0790 e. The van der Waals surface area contributed by atoms with Crippen LogP contribution in [-0.4, -0.2) is 24.7 Å². The molecule has 0 bridgehead atoms. The summed E-state index contributed by atoms with van der Waals surface area (Å²) in [6.07, 6.45) is 7.25. The Bertz CT molecular complexity index is 319. The largest absolute Gasteiger partial charge is 0.388 e. The van der Waals surface area contributed by atoms with Crippen molar-refractivity contribution in [1.29, 1.82) is 0 Å². The van der Waals surface area contributed by atoms with Crippen molar-refractivity contribution in [1.82, 2.24) is 0 Å². The Hall–Kier alpha value is -0.860. The van der Waals surface area contributed by atoms with Gasteiger partial charge >= 0.3 is 0 Å². The molecule has 0 amide bonds. The molecule has 2 rings (SSSR count). The fourth-order valence-electron chi connectivity index (χ4n) is 2.86. The summed E-state index contributed by atoms with van der Waals surface area (Å²) in [6.45, 7) is 4.02. The Morgan fingerprint density at radius 3 is 2.44 bits per heavy atom. The number of quaternary nitrogens is 1. The van der Waals surface area contributed by atoms with Crippen LogP contribution in [0, 0.1) is 0 Å². The van der Waals surface area contributed by atoms with Crippen LogP contribution in [0.25, 0.3) is 0 Å². The van der Waals surface area contributed by atoms with Gasteiger partial charge in [0, 0.05) is 0 Å². The van der Waals surface area contributed by atoms with E-state index in [-0.39, 0.29) is 6.10 Å². The average Bonchev–Trinajstić information content (AvgIpc) is 2.45. The van der Waals surface area contributed by atoms with Gasteiger partial charge in [0.15, 0.2) is 0 Å². The van der Waals surface area contributed by atoms with Crippen LogP contribution in [0.5, 0.6) is 0 Å². The minimum absolute atomic E-state index is 0.275. The van der Waals surface area contributed by atoms with Gasteiger partial charge in [0.1, 0.15) is 0 Å². The minimum atomic E-state index is -0.275. The number of hydrogen-bond acceptors (Lipinski definition) is 1. The minimum Gasteiger partial charge on any atom is -0.388 e. The summed E-state index contributed by atoms with van der Waals surface area (Å²) in [7, 11) is 0. The molecule has 2 nitrogen and oxygen atoms in total. The molecule has 100 valence electrons. The monoisotopic (exact) mass is 248 g/mol. The van der Waals surface area contributed by atoms with E-state index in [1.54, 1.807) is 4.90 Å². The number of benzene rings is 1. The van der Waals surface area contributed by atoms with Gasteiger partial charge in [-0.3, -0.25) is 0 Å². The standard InChI is InChI=1S/C16H25NO/c18-16(15-9-3-1-4-10-15)11-5-8-14-17-12-6-2-7-13-17/h1,3-4,9-10,16,18H,2,5-8,11-14H2/p+1/t16-/m1/s1. The number of likely N-dealkylation sites (tertiary alicyclic amines) is 1. The summed E-state index contributed by atoms with van der Waals surface area (Å²) in [5.74, 6) is 0. The first-order chi connectivity index (χ1) is 8.86. The predicted molar refractivity (Wildman–Crippen MR) is 74.7 cm³/mol. The highest BCUT2D eigenvalue weighted by molar-refractivity contribution is 5.16. The number of nitrogens with one attached hydrogen (secondary N) is 1. The quantitative estimate of drug-likeness (QED) is 0.739. The number of aliphatic hydroxyl groups excluding tert-OH is 1. The molecule has 0 unspecified atom stereocenters. The summed E-state index contributed by atoms with van der Waals surface area (Å²) in [5, 5.41) is 10.1. The maximum absolute atomic E-state index is 10.1. The van der Waals surface area contributed by atoms with Crippen molar-refractivity contribution < 1.29 is 10.0 Å². The van der Waals surface area contributed by atoms with E-state index in [0.29, 0.717) is 0 Å². The molecular formula is C16H26NO+. The molecule has 0 saturated carbocycles. The fourth-order valence-corrected chi connectivity index (χ4v) is 2.86. The van der Waals surface area contributed by atoms with Gasteiger partial charge in [0.2, 0.25) is 0 Å². The van der Waals surface area contributed by atoms with E-state index in [2.05, 4.69) is 0 Å². The van der Waals surface area contributed by atoms with Crippen LogP contribution in [-0.2, 0) is 0 Å². The Balaban J connectivity index is 1.60. The Morgan fingerprint density at radius 1 is 1.00 bits per heavy atom. The van der Waals surface area contributed by atoms with Crippen molar-refractivity contribution in [3.8, 4) is 0 Å². The molecule has 18 heavy (non-hydrogen) atoms. The van der Waals surface area contributed by atoms with Gasteiger partial charge in [-0.25, -0.2) is 0 Å². The summed E-state index contributed by atoms with van der Waals surface area (Å²) in [6, 6.07) is 10.0. The topological polar surface area (TPSA) is 24.7 Å². The molecule has 0 aromatic heterocycles. The maximum Gasteiger partial charge on any atom is 0.0790 e. The molecule has 1 aliphatic heterocycles. The fraction of sp³-hybridized carbons (Fsp3) is 0.625. The summed E-state index contributed by atoms with van der Waals surface area (Å²) in [4.78, 5) is 1.77. The number of unbranched alkanes of at least 4 members (excludes halogenated alkanes) is 1. The van der Waals surface area contributed by atoms with E-state index in [1.165, 1.54) is 45.3 Å². The van der Waals surface area contributed by atoms with Crippen LogP contribution in [0.3, 0.4) is 0 Å². The lowest BCUT2D eigenvalue weighted by Gasteiger charge is -2.23. The molecule has 1 aromatic carbocycles. The Kier molecular flexibility index (Phi) is 5.69. The third kappa shape index (κ3) is 4.43. The van der Waals surface area contributed by atoms with E-state index in [4.69, 9.17) is 0 Å². The SMILES string of the molecule is O[C@H](CCCC[NH+]1CCCCC1)c1ccccc1. The van der Waals surface area contributed by atoms with E-state index >= 15 is 0 Å². The van der Waals surface area contributed by atoms with Crippen LogP contribution < -0.4 is 4.90 Å². The van der Waals surface area contributed by atoms with Gasteiger partial charge in [-0.1, -0.05) is 30.3 Å². The van der Waals surface area contributed by atoms with Gasteiger partial charge < -0.3 is 10.0 Å². The van der Waals surface area contributed by atoms with Gasteiger partial charge in [0.25, 0.3) is 0 Å². The second kappa shape index (κ2) is 7.55. The van der Waals surface area contributed by atoms with Crippen molar-refractivity contribution in [2.45, 2.75) is 44.6 Å². The highest BCUT2D eigenvalue weighted by Crippen LogP contribution is 2.18. The first-order valence-corrected chi connectivity index (χ1v) is 7.43. The zero-order valence-corrected chi connectivity index (χ0v) is 11.3. The number of rotatable bonds is 6. The average molecular weight is 248 g/mol. The van der Waals surface area contributed by atoms with Gasteiger partial charge in [-0.05, 0) is 44.1 Å². The first kappa shape index (κ1) is 13.6. The third-order valence-corrected chi connectivity index (χ3v) is 4.00. The Labute approximate surface area is 111 Å². The molecule has 0 spiro atoms. The van der Waals surface area contributed by atoms with Gasteiger partial charge in [-0.2, -0.15) is 0 Å². The molecule has 1 saturated heterocycles. The van der Waals surface area contributed by atoms with Crippen molar-refractivity contribution in [2.24, 2.45) is 0 Å². The summed E-state index contributed by atoms with van der Waals surface area (Å²) >= 11 is 0. The molecule has 1 aromatic rings. The van der Waals surface area contributed by atoms with Crippen molar-refractivity contribution in [3.63, 3.8) is 0 Å². The van der Waals surface area contributed by atoms with E-state index < -0.39 is 0 Å². The van der Waals surface area contributed by atoms with Gasteiger partial charge in [0.05, 0.1) is 25.7 Å². The number of aliphatic hydroxyl groups is 1. The molecule has 2 heteroatoms. The predicted octanol–water partition coefficient (Wildman–Crippen LogP) is 1.96. The number of piperidine rings is 1. The zero-order valence-electron chi connectivity index (χ0n) is 11.3. The summed E-state index contributed by atoms with van der Waals surface area (Å²) < 4.78 is 0. The van der Waals surface area contributed by atoms with Crippen LogP contribution >= 0.6 is 0 Å². The van der Waals surface area contributed by atoms with Crippen LogP contribution in [0.2, 0.25) is 0 Å². The third-order valence-electron chi connectivity index (χ3n) is 4.00. The molecule has 1 aliphatic rings. The lowest BCUT2D eigenvalue weighted by Crippen LogP contribution is -3.12. The number of hydrogen-bond donors (Lipinski definition) is 2. The zero-order chi connectivity index (χ0) is 12.6. The normalized spacial score (nSPS) is 18.7. The van der Waals surface area contributed by atoms with Crippen molar-refractivity contribution in [3.05, 3.63) is 35.9 Å². The highest BCUT2D eigenvalue weighted by Gasteiger charge is 2.13. The van der Waals surface area contributed by atoms with Crippen molar-refractivity contribution >= 4 is 0 Å². The first-order valence-electron chi connectivity index (χ1n) is 7.43. The molecule has 1 atom stereocenters. The second-order valence-electron chi connectivity index (χ2n) is 5.48. The van der Waals surface area contributed by atoms with E-state index in [1.807, 2.05) is 30.3 Å². The summed E-state index contributed by atoms with van der Waals surface area (Å²) in [5.41, 5.74) is 1.06.